The lowest BCUT2D eigenvalue weighted by Crippen LogP contribution is -2.16. The van der Waals surface area contributed by atoms with Crippen molar-refractivity contribution in [2.24, 2.45) is 17.8 Å². The molecular formula is C15H18BrNO. The molecule has 96 valence electrons. The topological polar surface area (TPSA) is 29.1 Å². The molecule has 2 nitrogen and oxygen atoms in total. The van der Waals surface area contributed by atoms with Crippen LogP contribution >= 0.6 is 15.9 Å². The number of aryl methyl sites for hydroxylation is 1. The van der Waals surface area contributed by atoms with Gasteiger partial charge >= 0.3 is 0 Å². The minimum absolute atomic E-state index is 0.221. The van der Waals surface area contributed by atoms with Gasteiger partial charge in [0.25, 0.3) is 0 Å². The Morgan fingerprint density at radius 3 is 2.61 bits per heavy atom. The van der Waals surface area contributed by atoms with Gasteiger partial charge in [0.05, 0.1) is 5.69 Å². The van der Waals surface area contributed by atoms with Crippen LogP contribution in [0.5, 0.6) is 0 Å². The van der Waals surface area contributed by atoms with E-state index in [1.807, 2.05) is 25.1 Å². The fraction of sp³-hybridized carbons (Fsp3) is 0.533. The van der Waals surface area contributed by atoms with Gasteiger partial charge in [-0.25, -0.2) is 0 Å². The molecule has 2 saturated carbocycles. The summed E-state index contributed by atoms with van der Waals surface area (Å²) in [6.07, 6.45) is 5.10. The molecule has 0 aromatic heterocycles. The van der Waals surface area contributed by atoms with Crippen molar-refractivity contribution in [1.82, 2.24) is 0 Å². The molecule has 0 radical (unpaired) electrons. The van der Waals surface area contributed by atoms with Crippen LogP contribution in [0.25, 0.3) is 0 Å². The molecule has 2 aliphatic carbocycles. The highest BCUT2D eigenvalue weighted by Crippen LogP contribution is 2.55. The molecule has 0 spiro atoms. The van der Waals surface area contributed by atoms with E-state index in [0.29, 0.717) is 11.8 Å². The van der Waals surface area contributed by atoms with Gasteiger partial charge in [0.2, 0.25) is 5.91 Å². The number of amides is 1. The van der Waals surface area contributed by atoms with Crippen LogP contribution in [0.3, 0.4) is 0 Å². The molecule has 0 heterocycles. The molecule has 3 heteroatoms. The third kappa shape index (κ3) is 2.09. The molecule has 18 heavy (non-hydrogen) atoms. The number of nitrogens with one attached hydrogen (secondary N) is 1. The quantitative estimate of drug-likeness (QED) is 0.874. The highest BCUT2D eigenvalue weighted by atomic mass is 79.9. The zero-order valence-corrected chi connectivity index (χ0v) is 12.2. The largest absolute Gasteiger partial charge is 0.325 e. The van der Waals surface area contributed by atoms with E-state index in [0.717, 1.165) is 15.7 Å². The van der Waals surface area contributed by atoms with Crippen LogP contribution in [0.1, 0.15) is 31.2 Å². The van der Waals surface area contributed by atoms with Crippen LogP contribution < -0.4 is 5.32 Å². The van der Waals surface area contributed by atoms with E-state index in [2.05, 4.69) is 21.2 Å². The molecule has 3 rings (SSSR count). The van der Waals surface area contributed by atoms with Gasteiger partial charge in [-0.05, 0) is 59.2 Å². The summed E-state index contributed by atoms with van der Waals surface area (Å²) < 4.78 is 1.00. The Balaban J connectivity index is 1.70. The van der Waals surface area contributed by atoms with Gasteiger partial charge < -0.3 is 5.32 Å². The molecule has 2 unspecified atom stereocenters. The third-order valence-corrected chi connectivity index (χ3v) is 5.46. The first kappa shape index (κ1) is 12.2. The van der Waals surface area contributed by atoms with Crippen LogP contribution in [-0.2, 0) is 4.79 Å². The third-order valence-electron chi connectivity index (χ3n) is 4.41. The number of hydrogen-bond acceptors (Lipinski definition) is 1. The monoisotopic (exact) mass is 307 g/mol. The lowest BCUT2D eigenvalue weighted by molar-refractivity contribution is -0.117. The lowest BCUT2D eigenvalue weighted by Gasteiger charge is -2.08. The number of hydrogen-bond donors (Lipinski definition) is 1. The Morgan fingerprint density at radius 2 is 1.94 bits per heavy atom. The second-order valence-corrected chi connectivity index (χ2v) is 6.36. The molecule has 1 amide bonds. The Kier molecular flexibility index (Phi) is 3.18. The summed E-state index contributed by atoms with van der Waals surface area (Å²) in [5, 5.41) is 3.08. The highest BCUT2D eigenvalue weighted by molar-refractivity contribution is 9.10. The average Bonchev–Trinajstić information content (AvgIpc) is 3.09. The summed E-state index contributed by atoms with van der Waals surface area (Å²) in [7, 11) is 0. The Labute approximate surface area is 116 Å². The maximum Gasteiger partial charge on any atom is 0.228 e. The smallest absolute Gasteiger partial charge is 0.228 e. The summed E-state index contributed by atoms with van der Waals surface area (Å²) in [6, 6.07) is 5.98. The molecule has 2 atom stereocenters. The van der Waals surface area contributed by atoms with Crippen molar-refractivity contribution in [3.05, 3.63) is 28.2 Å². The van der Waals surface area contributed by atoms with Crippen LogP contribution in [0, 0.1) is 24.7 Å². The molecule has 1 N–H and O–H groups in total. The van der Waals surface area contributed by atoms with Crippen LogP contribution in [0.4, 0.5) is 5.69 Å². The fourth-order valence-electron chi connectivity index (χ4n) is 3.34. The SMILES string of the molecule is Cc1cccc(NC(=O)C2C3CCCCC32)c1Br. The normalized spacial score (nSPS) is 29.6. The van der Waals surface area contributed by atoms with E-state index in [9.17, 15) is 4.79 Å². The summed E-state index contributed by atoms with van der Waals surface area (Å²) in [5.41, 5.74) is 2.06. The van der Waals surface area contributed by atoms with Crippen molar-refractivity contribution in [1.29, 1.82) is 0 Å². The van der Waals surface area contributed by atoms with Crippen LogP contribution in [0.15, 0.2) is 22.7 Å². The standard InChI is InChI=1S/C15H18BrNO/c1-9-5-4-8-12(14(9)16)17-15(18)13-10-6-2-3-7-11(10)13/h4-5,8,10-11,13H,2-3,6-7H2,1H3,(H,17,18). The first-order valence-electron chi connectivity index (χ1n) is 6.74. The fourth-order valence-corrected chi connectivity index (χ4v) is 3.70. The average molecular weight is 308 g/mol. The number of anilines is 1. The van der Waals surface area contributed by atoms with Gasteiger partial charge in [-0.3, -0.25) is 4.79 Å². The van der Waals surface area contributed by atoms with Gasteiger partial charge in [0.15, 0.2) is 0 Å². The van der Waals surface area contributed by atoms with E-state index >= 15 is 0 Å². The molecular weight excluding hydrogens is 290 g/mol. The van der Waals surface area contributed by atoms with E-state index in [1.54, 1.807) is 0 Å². The number of rotatable bonds is 2. The van der Waals surface area contributed by atoms with Gasteiger partial charge in [0.1, 0.15) is 0 Å². The summed E-state index contributed by atoms with van der Waals surface area (Å²) >= 11 is 3.54. The second kappa shape index (κ2) is 4.69. The summed E-state index contributed by atoms with van der Waals surface area (Å²) in [6.45, 7) is 2.04. The Hall–Kier alpha value is -0.830. The number of fused-ring (bicyclic) bond motifs is 1. The molecule has 2 aliphatic rings. The first-order chi connectivity index (χ1) is 8.68. The first-order valence-corrected chi connectivity index (χ1v) is 7.54. The van der Waals surface area contributed by atoms with Gasteiger partial charge in [-0.15, -0.1) is 0 Å². The molecule has 0 saturated heterocycles. The van der Waals surface area contributed by atoms with E-state index in [1.165, 1.54) is 25.7 Å². The summed E-state index contributed by atoms with van der Waals surface area (Å²) in [5.74, 6) is 1.84. The van der Waals surface area contributed by atoms with Gasteiger partial charge in [-0.2, -0.15) is 0 Å². The Morgan fingerprint density at radius 1 is 1.28 bits per heavy atom. The number of halogens is 1. The minimum atomic E-state index is 0.221. The number of carbonyl (C=O) groups is 1. The lowest BCUT2D eigenvalue weighted by atomic mass is 10.0. The second-order valence-electron chi connectivity index (χ2n) is 5.56. The predicted octanol–water partition coefficient (Wildman–Crippen LogP) is 4.13. The van der Waals surface area contributed by atoms with Gasteiger partial charge in [-0.1, -0.05) is 25.0 Å². The zero-order valence-electron chi connectivity index (χ0n) is 10.6. The van der Waals surface area contributed by atoms with E-state index < -0.39 is 0 Å². The van der Waals surface area contributed by atoms with Crippen molar-refractivity contribution >= 4 is 27.5 Å². The summed E-state index contributed by atoms with van der Waals surface area (Å²) in [4.78, 5) is 12.3. The van der Waals surface area contributed by atoms with Crippen molar-refractivity contribution in [3.8, 4) is 0 Å². The molecule has 0 aliphatic heterocycles. The van der Waals surface area contributed by atoms with Crippen LogP contribution in [-0.4, -0.2) is 5.91 Å². The predicted molar refractivity (Wildman–Crippen MR) is 76.4 cm³/mol. The Bertz CT molecular complexity index is 473. The molecule has 1 aromatic rings. The highest BCUT2D eigenvalue weighted by Gasteiger charge is 2.54. The van der Waals surface area contributed by atoms with Crippen molar-refractivity contribution in [2.45, 2.75) is 32.6 Å². The number of benzene rings is 1. The molecule has 2 fully saturated rings. The van der Waals surface area contributed by atoms with Crippen LogP contribution in [0.2, 0.25) is 0 Å². The van der Waals surface area contributed by atoms with Crippen molar-refractivity contribution in [2.75, 3.05) is 5.32 Å². The molecule has 1 aromatic carbocycles. The molecule has 0 bridgehead atoms. The maximum absolute atomic E-state index is 12.3. The van der Waals surface area contributed by atoms with Gasteiger partial charge in [0, 0.05) is 10.4 Å². The van der Waals surface area contributed by atoms with Crippen molar-refractivity contribution < 1.29 is 4.79 Å². The van der Waals surface area contributed by atoms with E-state index in [-0.39, 0.29) is 11.8 Å². The number of carbonyl (C=O) groups excluding carboxylic acids is 1. The maximum atomic E-state index is 12.3. The van der Waals surface area contributed by atoms with Crippen molar-refractivity contribution in [3.63, 3.8) is 0 Å². The zero-order chi connectivity index (χ0) is 12.7. The van der Waals surface area contributed by atoms with E-state index in [4.69, 9.17) is 0 Å². The minimum Gasteiger partial charge on any atom is -0.325 e.